The molecule has 4 rings (SSSR count). The number of rotatable bonds is 2. The monoisotopic (exact) mass is 342 g/mol. The predicted octanol–water partition coefficient (Wildman–Crippen LogP) is 2.63. The number of piperazine rings is 1. The molecule has 2 aromatic rings. The molecule has 126 valence electrons. The van der Waals surface area contributed by atoms with Gasteiger partial charge < -0.3 is 9.80 Å². The molecule has 1 atom stereocenters. The van der Waals surface area contributed by atoms with Crippen LogP contribution in [0.3, 0.4) is 0 Å². The van der Waals surface area contributed by atoms with E-state index in [4.69, 9.17) is 0 Å². The average molecular weight is 342 g/mol. The minimum Gasteiger partial charge on any atom is -0.337 e. The molecular weight excluding hydrogens is 320 g/mol. The number of hydrogen-bond donors (Lipinski definition) is 0. The number of amides is 1. The van der Waals surface area contributed by atoms with Crippen LogP contribution in [0.25, 0.3) is 0 Å². The van der Waals surface area contributed by atoms with Gasteiger partial charge >= 0.3 is 0 Å². The zero-order valence-corrected chi connectivity index (χ0v) is 14.8. The highest BCUT2D eigenvalue weighted by Crippen LogP contribution is 2.33. The van der Waals surface area contributed by atoms with E-state index in [2.05, 4.69) is 27.2 Å². The van der Waals surface area contributed by atoms with Gasteiger partial charge in [0.25, 0.3) is 5.91 Å². The van der Waals surface area contributed by atoms with Crippen LogP contribution in [0.2, 0.25) is 0 Å². The number of carbonyl (C=O) groups is 1. The Morgan fingerprint density at radius 2 is 1.96 bits per heavy atom. The lowest BCUT2D eigenvalue weighted by Crippen LogP contribution is -2.49. The van der Waals surface area contributed by atoms with Crippen LogP contribution < -0.4 is 4.90 Å². The van der Waals surface area contributed by atoms with E-state index in [-0.39, 0.29) is 5.91 Å². The highest BCUT2D eigenvalue weighted by molar-refractivity contribution is 7.10. The zero-order chi connectivity index (χ0) is 16.5. The summed E-state index contributed by atoms with van der Waals surface area (Å²) in [6.45, 7) is 5.35. The van der Waals surface area contributed by atoms with Crippen molar-refractivity contribution in [2.75, 3.05) is 31.1 Å². The Hall–Kier alpha value is -1.95. The molecule has 0 aromatic carbocycles. The summed E-state index contributed by atoms with van der Waals surface area (Å²) in [5.74, 6) is 1.70. The summed E-state index contributed by atoms with van der Waals surface area (Å²) in [5.41, 5.74) is 2.27. The lowest BCUT2D eigenvalue weighted by molar-refractivity contribution is 0.0745. The Balaban J connectivity index is 1.44. The molecule has 0 spiro atoms. The maximum Gasteiger partial charge on any atom is 0.255 e. The largest absolute Gasteiger partial charge is 0.337 e. The molecule has 5 nitrogen and oxygen atoms in total. The van der Waals surface area contributed by atoms with Gasteiger partial charge in [-0.25, -0.2) is 9.97 Å². The first kappa shape index (κ1) is 15.6. The van der Waals surface area contributed by atoms with Crippen molar-refractivity contribution in [1.82, 2.24) is 14.9 Å². The Bertz CT molecular complexity index is 722. The number of hydrogen-bond acceptors (Lipinski definition) is 5. The first-order valence-electron chi connectivity index (χ1n) is 8.63. The fraction of sp³-hybridized carbons (Fsp3) is 0.500. The molecule has 1 unspecified atom stereocenters. The normalized spacial score (nSPS) is 20.8. The summed E-state index contributed by atoms with van der Waals surface area (Å²) in [7, 11) is 0. The van der Waals surface area contributed by atoms with Crippen molar-refractivity contribution in [2.24, 2.45) is 5.92 Å². The first-order valence-corrected chi connectivity index (χ1v) is 9.51. The number of thiophene rings is 1. The van der Waals surface area contributed by atoms with Gasteiger partial charge in [0.1, 0.15) is 0 Å². The molecule has 6 heteroatoms. The van der Waals surface area contributed by atoms with Crippen molar-refractivity contribution < 1.29 is 4.79 Å². The van der Waals surface area contributed by atoms with Crippen LogP contribution in [0.15, 0.2) is 23.8 Å². The maximum absolute atomic E-state index is 12.9. The van der Waals surface area contributed by atoms with Crippen LogP contribution in [-0.4, -0.2) is 47.0 Å². The molecule has 3 heterocycles. The van der Waals surface area contributed by atoms with Gasteiger partial charge in [0, 0.05) is 48.8 Å². The van der Waals surface area contributed by atoms with Crippen molar-refractivity contribution in [3.8, 4) is 0 Å². The number of anilines is 1. The van der Waals surface area contributed by atoms with Crippen molar-refractivity contribution in [3.63, 3.8) is 0 Å². The van der Waals surface area contributed by atoms with Crippen molar-refractivity contribution in [2.45, 2.75) is 26.2 Å². The molecule has 1 amide bonds. The molecule has 0 radical (unpaired) electrons. The van der Waals surface area contributed by atoms with Crippen LogP contribution in [-0.2, 0) is 12.8 Å². The van der Waals surface area contributed by atoms with E-state index in [1.54, 1.807) is 23.7 Å². The third kappa shape index (κ3) is 2.90. The second-order valence-electron chi connectivity index (χ2n) is 6.73. The van der Waals surface area contributed by atoms with E-state index in [0.29, 0.717) is 0 Å². The van der Waals surface area contributed by atoms with Crippen LogP contribution in [0, 0.1) is 5.92 Å². The summed E-state index contributed by atoms with van der Waals surface area (Å²) in [6.07, 6.45) is 6.91. The van der Waals surface area contributed by atoms with E-state index in [0.717, 1.165) is 56.5 Å². The fourth-order valence-corrected chi connectivity index (χ4v) is 4.83. The third-order valence-electron chi connectivity index (χ3n) is 5.03. The smallest absolute Gasteiger partial charge is 0.255 e. The second kappa shape index (κ2) is 6.51. The number of fused-ring (bicyclic) bond motifs is 1. The molecule has 0 bridgehead atoms. The van der Waals surface area contributed by atoms with Crippen LogP contribution in [0.1, 0.15) is 34.1 Å². The molecule has 1 aliphatic heterocycles. The van der Waals surface area contributed by atoms with Crippen molar-refractivity contribution in [1.29, 1.82) is 0 Å². The van der Waals surface area contributed by atoms with Crippen LogP contribution in [0.4, 0.5) is 5.95 Å². The van der Waals surface area contributed by atoms with E-state index < -0.39 is 0 Å². The van der Waals surface area contributed by atoms with Crippen LogP contribution >= 0.6 is 11.3 Å². The lowest BCUT2D eigenvalue weighted by Gasteiger charge is -2.34. The highest BCUT2D eigenvalue weighted by Gasteiger charge is 2.28. The van der Waals surface area contributed by atoms with Gasteiger partial charge in [-0.2, -0.15) is 0 Å². The Morgan fingerprint density at radius 1 is 1.21 bits per heavy atom. The maximum atomic E-state index is 12.9. The molecule has 24 heavy (non-hydrogen) atoms. The summed E-state index contributed by atoms with van der Waals surface area (Å²) in [4.78, 5) is 27.1. The van der Waals surface area contributed by atoms with Gasteiger partial charge in [0.2, 0.25) is 5.95 Å². The highest BCUT2D eigenvalue weighted by atomic mass is 32.1. The van der Waals surface area contributed by atoms with Crippen molar-refractivity contribution >= 4 is 23.2 Å². The van der Waals surface area contributed by atoms with Gasteiger partial charge in [-0.05, 0) is 36.8 Å². The topological polar surface area (TPSA) is 49.3 Å². The number of aromatic nitrogens is 2. The summed E-state index contributed by atoms with van der Waals surface area (Å²) in [6, 6.07) is 1.82. The van der Waals surface area contributed by atoms with Gasteiger partial charge in [0.15, 0.2) is 0 Å². The van der Waals surface area contributed by atoms with Gasteiger partial charge in [-0.15, -0.1) is 11.3 Å². The van der Waals surface area contributed by atoms with Gasteiger partial charge in [-0.1, -0.05) is 6.92 Å². The molecule has 1 aliphatic carbocycles. The Kier molecular flexibility index (Phi) is 4.22. The van der Waals surface area contributed by atoms with Gasteiger partial charge in [-0.3, -0.25) is 4.79 Å². The van der Waals surface area contributed by atoms with E-state index in [1.807, 2.05) is 11.0 Å². The minimum absolute atomic E-state index is 0.204. The van der Waals surface area contributed by atoms with E-state index >= 15 is 0 Å². The summed E-state index contributed by atoms with van der Waals surface area (Å²) < 4.78 is 0. The zero-order valence-electron chi connectivity index (χ0n) is 13.9. The van der Waals surface area contributed by atoms with E-state index in [9.17, 15) is 4.79 Å². The average Bonchev–Trinajstić information content (AvgIpc) is 3.05. The quantitative estimate of drug-likeness (QED) is 0.842. The Labute approximate surface area is 146 Å². The molecule has 0 saturated carbocycles. The van der Waals surface area contributed by atoms with E-state index in [1.165, 1.54) is 16.9 Å². The third-order valence-corrected chi connectivity index (χ3v) is 6.09. The molecule has 1 fully saturated rings. The minimum atomic E-state index is 0.204. The molecule has 0 N–H and O–H groups in total. The van der Waals surface area contributed by atoms with Crippen LogP contribution in [0.5, 0.6) is 0 Å². The number of nitrogens with zero attached hydrogens (tertiary/aromatic N) is 4. The second-order valence-corrected chi connectivity index (χ2v) is 7.69. The Morgan fingerprint density at radius 3 is 2.71 bits per heavy atom. The van der Waals surface area contributed by atoms with Gasteiger partial charge in [0.05, 0.1) is 5.56 Å². The predicted molar refractivity (Wildman–Crippen MR) is 95.7 cm³/mol. The fourth-order valence-electron chi connectivity index (χ4n) is 3.59. The number of carbonyl (C=O) groups excluding carboxylic acids is 1. The first-order chi connectivity index (χ1) is 11.7. The van der Waals surface area contributed by atoms with Crippen molar-refractivity contribution in [3.05, 3.63) is 39.8 Å². The summed E-state index contributed by atoms with van der Waals surface area (Å²) >= 11 is 1.77. The molecule has 2 aliphatic rings. The summed E-state index contributed by atoms with van der Waals surface area (Å²) in [5, 5.41) is 2.08. The standard InChI is InChI=1S/C18H22N4OS/c1-13-3-4-14-15(12-24-16(14)11-13)17(23)21-7-9-22(10-8-21)18-19-5-2-6-20-18/h2,5-6,12-13H,3-4,7-11H2,1H3. The molecular formula is C18H22N4OS. The lowest BCUT2D eigenvalue weighted by atomic mass is 9.88. The molecule has 1 saturated heterocycles. The SMILES string of the molecule is CC1CCc2c(C(=O)N3CCN(c4ncccn4)CC3)csc2C1. The molecule has 2 aromatic heterocycles.